The van der Waals surface area contributed by atoms with E-state index in [4.69, 9.17) is 4.74 Å². The van der Waals surface area contributed by atoms with E-state index in [0.717, 1.165) is 0 Å². The summed E-state index contributed by atoms with van der Waals surface area (Å²) in [5.74, 6) is -0.341. The van der Waals surface area contributed by atoms with Gasteiger partial charge in [-0.1, -0.05) is 24.3 Å². The third-order valence-corrected chi connectivity index (χ3v) is 7.30. The maximum Gasteiger partial charge on any atom is 0.274 e. The van der Waals surface area contributed by atoms with Crippen molar-refractivity contribution in [2.45, 2.75) is 10.6 Å². The highest BCUT2D eigenvalue weighted by atomic mass is 32.3. The number of hydrogen-bond donors (Lipinski definition) is 2. The lowest BCUT2D eigenvalue weighted by Crippen LogP contribution is -2.41. The Morgan fingerprint density at radius 1 is 1.13 bits per heavy atom. The van der Waals surface area contributed by atoms with Crippen molar-refractivity contribution in [1.29, 1.82) is 5.26 Å². The zero-order chi connectivity index (χ0) is 21.6. The number of nitriles is 1. The van der Waals surface area contributed by atoms with Gasteiger partial charge in [0.15, 0.2) is 5.69 Å². The largest absolute Gasteiger partial charge is 0.378 e. The van der Waals surface area contributed by atoms with Crippen molar-refractivity contribution in [3.05, 3.63) is 65.4 Å². The summed E-state index contributed by atoms with van der Waals surface area (Å²) < 4.78 is 28.7. The Labute approximate surface area is 180 Å². The molecule has 9 heteroatoms. The highest BCUT2D eigenvalue weighted by Crippen LogP contribution is 2.59. The summed E-state index contributed by atoms with van der Waals surface area (Å²) in [6, 6.07) is 16.2. The van der Waals surface area contributed by atoms with Gasteiger partial charge in [0.05, 0.1) is 46.9 Å². The number of amides is 1. The van der Waals surface area contributed by atoms with Gasteiger partial charge in [-0.05, 0) is 24.3 Å². The minimum absolute atomic E-state index is 0.0807. The fourth-order valence-corrected chi connectivity index (χ4v) is 5.72. The van der Waals surface area contributed by atoms with Gasteiger partial charge in [0.2, 0.25) is 0 Å². The minimum Gasteiger partial charge on any atom is -0.378 e. The Kier molecular flexibility index (Phi) is 4.79. The number of aromatic nitrogens is 2. The molecular weight excluding hydrogens is 416 g/mol. The first-order valence-electron chi connectivity index (χ1n) is 9.84. The molecule has 31 heavy (non-hydrogen) atoms. The number of benzene rings is 2. The lowest BCUT2D eigenvalue weighted by molar-refractivity contribution is 0.0298. The molecule has 1 aromatic heterocycles. The SMILES string of the molecule is N#Cc1cccc(-n2nc(C(=O)N3CCOCC3)c3c2-c2ccccc2S(O)(O)C3)c1. The van der Waals surface area contributed by atoms with Gasteiger partial charge in [-0.3, -0.25) is 13.9 Å². The number of ether oxygens (including phenoxy) is 1. The molecule has 0 bridgehead atoms. The van der Waals surface area contributed by atoms with Gasteiger partial charge < -0.3 is 9.64 Å². The predicted octanol–water partition coefficient (Wildman–Crippen LogP) is 3.51. The second-order valence-corrected chi connectivity index (χ2v) is 9.52. The van der Waals surface area contributed by atoms with Gasteiger partial charge >= 0.3 is 0 Å². The Bertz CT molecular complexity index is 1220. The number of hydrogen-bond acceptors (Lipinski definition) is 6. The molecule has 2 N–H and O–H groups in total. The van der Waals surface area contributed by atoms with Crippen LogP contribution in [0.5, 0.6) is 0 Å². The van der Waals surface area contributed by atoms with Gasteiger partial charge in [-0.25, -0.2) is 4.68 Å². The van der Waals surface area contributed by atoms with Crippen molar-refractivity contribution < 1.29 is 18.6 Å². The Balaban J connectivity index is 1.75. The van der Waals surface area contributed by atoms with Gasteiger partial charge in [-0.2, -0.15) is 21.0 Å². The van der Waals surface area contributed by atoms with Crippen LogP contribution >= 0.6 is 10.6 Å². The van der Waals surface area contributed by atoms with Crippen molar-refractivity contribution in [3.63, 3.8) is 0 Å². The third kappa shape index (κ3) is 3.30. The van der Waals surface area contributed by atoms with E-state index in [1.807, 2.05) is 12.1 Å². The molecule has 0 radical (unpaired) electrons. The monoisotopic (exact) mass is 436 g/mol. The summed E-state index contributed by atoms with van der Waals surface area (Å²) in [6.45, 7) is 1.82. The zero-order valence-electron chi connectivity index (χ0n) is 16.6. The molecule has 3 aromatic rings. The van der Waals surface area contributed by atoms with Crippen LogP contribution in [-0.4, -0.2) is 56.0 Å². The number of carbonyl (C=O) groups excluding carboxylic acids is 1. The normalized spacial score (nSPS) is 17.9. The van der Waals surface area contributed by atoms with E-state index in [1.165, 1.54) is 0 Å². The molecule has 1 amide bonds. The molecule has 0 spiro atoms. The Morgan fingerprint density at radius 3 is 2.68 bits per heavy atom. The smallest absolute Gasteiger partial charge is 0.274 e. The molecule has 2 aliphatic rings. The van der Waals surface area contributed by atoms with Gasteiger partial charge in [0.1, 0.15) is 0 Å². The fourth-order valence-electron chi connectivity index (χ4n) is 4.07. The van der Waals surface area contributed by atoms with Crippen molar-refractivity contribution in [3.8, 4) is 23.0 Å². The molecule has 3 heterocycles. The summed E-state index contributed by atoms with van der Waals surface area (Å²) in [7, 11) is -3.12. The lowest BCUT2D eigenvalue weighted by atomic mass is 10.0. The average molecular weight is 436 g/mol. The van der Waals surface area contributed by atoms with Crippen LogP contribution < -0.4 is 0 Å². The molecule has 1 fully saturated rings. The molecule has 0 unspecified atom stereocenters. The molecule has 2 aromatic carbocycles. The number of morpholine rings is 1. The maximum atomic E-state index is 13.4. The quantitative estimate of drug-likeness (QED) is 0.636. The Morgan fingerprint density at radius 2 is 1.90 bits per heavy atom. The van der Waals surface area contributed by atoms with Crippen LogP contribution in [0, 0.1) is 11.3 Å². The van der Waals surface area contributed by atoms with E-state index in [9.17, 15) is 19.2 Å². The number of fused-ring (bicyclic) bond motifs is 3. The first-order valence-corrected chi connectivity index (χ1v) is 11.6. The highest BCUT2D eigenvalue weighted by molar-refractivity contribution is 8.23. The standard InChI is InChI=1S/C22H20N4O4S/c23-13-15-4-3-5-16(12-15)26-21-17-6-1-2-7-19(17)31(28,29)14-18(21)20(24-26)22(27)25-8-10-30-11-9-25/h1-7,12,28-29H,8-11,14H2. The number of carbonyl (C=O) groups is 1. The van der Waals surface area contributed by atoms with Gasteiger partial charge in [-0.15, -0.1) is 0 Å². The van der Waals surface area contributed by atoms with E-state index in [0.29, 0.717) is 59.3 Å². The molecule has 1 saturated heterocycles. The summed E-state index contributed by atoms with van der Waals surface area (Å²) in [5, 5.41) is 14.0. The second kappa shape index (κ2) is 7.51. The van der Waals surface area contributed by atoms with Crippen LogP contribution in [0.15, 0.2) is 53.4 Å². The third-order valence-electron chi connectivity index (χ3n) is 5.54. The van der Waals surface area contributed by atoms with Crippen LogP contribution in [-0.2, 0) is 10.5 Å². The van der Waals surface area contributed by atoms with Crippen molar-refractivity contribution in [2.75, 3.05) is 26.3 Å². The highest BCUT2D eigenvalue weighted by Gasteiger charge is 2.37. The van der Waals surface area contributed by atoms with E-state index >= 15 is 0 Å². The molecule has 0 saturated carbocycles. The topological polar surface area (TPSA) is 112 Å². The van der Waals surface area contributed by atoms with Crippen LogP contribution in [0.1, 0.15) is 21.6 Å². The molecular formula is C22H20N4O4S. The predicted molar refractivity (Wildman–Crippen MR) is 115 cm³/mol. The second-order valence-electron chi connectivity index (χ2n) is 7.46. The van der Waals surface area contributed by atoms with Crippen LogP contribution in [0.3, 0.4) is 0 Å². The van der Waals surface area contributed by atoms with E-state index in [-0.39, 0.29) is 17.4 Å². The van der Waals surface area contributed by atoms with Crippen molar-refractivity contribution in [2.24, 2.45) is 0 Å². The van der Waals surface area contributed by atoms with Gasteiger partial charge in [0.25, 0.3) is 5.91 Å². The molecule has 2 aliphatic heterocycles. The lowest BCUT2D eigenvalue weighted by Gasteiger charge is -2.38. The summed E-state index contributed by atoms with van der Waals surface area (Å²) >= 11 is 0. The van der Waals surface area contributed by atoms with E-state index in [1.54, 1.807) is 46.0 Å². The molecule has 158 valence electrons. The average Bonchev–Trinajstić information content (AvgIpc) is 3.18. The van der Waals surface area contributed by atoms with Crippen molar-refractivity contribution in [1.82, 2.24) is 14.7 Å². The summed E-state index contributed by atoms with van der Waals surface area (Å²) in [6.07, 6.45) is 0. The maximum absolute atomic E-state index is 13.4. The van der Waals surface area contributed by atoms with Gasteiger partial charge in [0, 0.05) is 24.2 Å². The van der Waals surface area contributed by atoms with Crippen LogP contribution in [0.4, 0.5) is 0 Å². The number of rotatable bonds is 2. The van der Waals surface area contributed by atoms with Crippen molar-refractivity contribution >= 4 is 16.5 Å². The molecule has 5 rings (SSSR count). The first kappa shape index (κ1) is 19.8. The molecule has 0 aliphatic carbocycles. The van der Waals surface area contributed by atoms with E-state index < -0.39 is 10.6 Å². The first-order chi connectivity index (χ1) is 15.0. The summed E-state index contributed by atoms with van der Waals surface area (Å²) in [5.41, 5.74) is 3.08. The minimum atomic E-state index is -3.12. The van der Waals surface area contributed by atoms with E-state index in [2.05, 4.69) is 11.2 Å². The zero-order valence-corrected chi connectivity index (χ0v) is 17.4. The van der Waals surface area contributed by atoms with Crippen LogP contribution in [0.2, 0.25) is 0 Å². The Hall–Kier alpha value is -3.16. The summed E-state index contributed by atoms with van der Waals surface area (Å²) in [4.78, 5) is 15.5. The van der Waals surface area contributed by atoms with Crippen LogP contribution in [0.25, 0.3) is 16.9 Å². The molecule has 8 nitrogen and oxygen atoms in total. The number of nitrogens with zero attached hydrogens (tertiary/aromatic N) is 4. The fraction of sp³-hybridized carbons (Fsp3) is 0.227. The molecule has 0 atom stereocenters.